The Bertz CT molecular complexity index is 548. The summed E-state index contributed by atoms with van der Waals surface area (Å²) in [6.45, 7) is 7.18. The second-order valence-electron chi connectivity index (χ2n) is 5.57. The molecule has 3 nitrogen and oxygen atoms in total. The zero-order valence-electron chi connectivity index (χ0n) is 13.7. The lowest BCUT2D eigenvalue weighted by Crippen LogP contribution is -2.22. The molecule has 0 aromatic heterocycles. The maximum atomic E-state index is 4.64. The lowest BCUT2D eigenvalue weighted by molar-refractivity contribution is 0.808. The van der Waals surface area contributed by atoms with Crippen LogP contribution in [-0.2, 0) is 0 Å². The summed E-state index contributed by atoms with van der Waals surface area (Å²) in [5.41, 5.74) is 4.59. The summed E-state index contributed by atoms with van der Waals surface area (Å²) in [7, 11) is 0. The molecule has 0 fully saturated rings. The molecule has 116 valence electrons. The van der Waals surface area contributed by atoms with Gasteiger partial charge in [0.05, 0.1) is 0 Å². The minimum absolute atomic E-state index is 0.793. The molecule has 0 heterocycles. The largest absolute Gasteiger partial charge is 0.326 e. The Morgan fingerprint density at radius 1 is 0.818 bits per heavy atom. The van der Waals surface area contributed by atoms with Crippen LogP contribution in [-0.4, -0.2) is 12.5 Å². The van der Waals surface area contributed by atoms with Crippen molar-refractivity contribution in [2.24, 2.45) is 4.99 Å². The zero-order valence-corrected chi connectivity index (χ0v) is 13.7. The molecule has 0 unspecified atom stereocenters. The van der Waals surface area contributed by atoms with E-state index in [0.29, 0.717) is 0 Å². The number of rotatable bonds is 5. The van der Waals surface area contributed by atoms with Gasteiger partial charge in [-0.15, -0.1) is 0 Å². The Kier molecular flexibility index (Phi) is 6.01. The molecule has 0 saturated carbocycles. The first-order valence-electron chi connectivity index (χ1n) is 7.89. The first-order valence-corrected chi connectivity index (χ1v) is 7.89. The van der Waals surface area contributed by atoms with Crippen molar-refractivity contribution in [3.8, 4) is 0 Å². The molecule has 2 aromatic carbocycles. The molecule has 0 saturated heterocycles. The molecule has 3 heteroatoms. The number of benzene rings is 2. The molecule has 2 rings (SSSR count). The highest BCUT2D eigenvalue weighted by Crippen LogP contribution is 2.12. The van der Waals surface area contributed by atoms with E-state index in [1.165, 1.54) is 11.1 Å². The molecule has 0 atom stereocenters. The van der Waals surface area contributed by atoms with Gasteiger partial charge in [-0.25, -0.2) is 0 Å². The first-order chi connectivity index (χ1) is 10.7. The normalized spacial score (nSPS) is 10.1. The van der Waals surface area contributed by atoms with E-state index in [1.807, 2.05) is 0 Å². The highest BCUT2D eigenvalue weighted by Gasteiger charge is 2.01. The standard InChI is InChI=1S/C19H25N3/c1-4-5-14-20-19(21-17-10-6-15(2)7-11-17)22-18-12-8-16(3)9-13-18/h6-13H,4-5,14H2,1-3H3,(H2,20,21,22). The topological polar surface area (TPSA) is 36.4 Å². The summed E-state index contributed by atoms with van der Waals surface area (Å²) in [6.07, 6.45) is 2.24. The number of guanidine groups is 1. The fourth-order valence-corrected chi connectivity index (χ4v) is 2.01. The first kappa shape index (κ1) is 16.1. The molecule has 0 bridgehead atoms. The maximum absolute atomic E-state index is 4.64. The summed E-state index contributed by atoms with van der Waals surface area (Å²) < 4.78 is 0. The Morgan fingerprint density at radius 2 is 1.27 bits per heavy atom. The minimum atomic E-state index is 0.793. The van der Waals surface area contributed by atoms with E-state index < -0.39 is 0 Å². The van der Waals surface area contributed by atoms with Crippen LogP contribution in [0.3, 0.4) is 0 Å². The van der Waals surface area contributed by atoms with Gasteiger partial charge in [0.2, 0.25) is 0 Å². The second kappa shape index (κ2) is 8.23. The van der Waals surface area contributed by atoms with Gasteiger partial charge in [0, 0.05) is 17.9 Å². The van der Waals surface area contributed by atoms with Gasteiger partial charge in [-0.05, 0) is 44.5 Å². The summed E-state index contributed by atoms with van der Waals surface area (Å²) in [6, 6.07) is 16.7. The van der Waals surface area contributed by atoms with E-state index in [0.717, 1.165) is 36.7 Å². The van der Waals surface area contributed by atoms with Crippen LogP contribution in [0, 0.1) is 13.8 Å². The van der Waals surface area contributed by atoms with Crippen LogP contribution in [0.1, 0.15) is 30.9 Å². The van der Waals surface area contributed by atoms with Crippen molar-refractivity contribution in [3.05, 3.63) is 59.7 Å². The van der Waals surface area contributed by atoms with Crippen molar-refractivity contribution in [2.75, 3.05) is 17.2 Å². The summed E-state index contributed by atoms with van der Waals surface area (Å²) in [4.78, 5) is 4.64. The third-order valence-electron chi connectivity index (χ3n) is 3.41. The van der Waals surface area contributed by atoms with Crippen molar-refractivity contribution >= 4 is 17.3 Å². The van der Waals surface area contributed by atoms with Gasteiger partial charge >= 0.3 is 0 Å². The number of unbranched alkanes of at least 4 members (excludes halogenated alkanes) is 1. The lowest BCUT2D eigenvalue weighted by Gasteiger charge is -2.13. The minimum Gasteiger partial charge on any atom is -0.326 e. The molecule has 0 radical (unpaired) electrons. The van der Waals surface area contributed by atoms with E-state index in [4.69, 9.17) is 0 Å². The van der Waals surface area contributed by atoms with Crippen LogP contribution in [0.5, 0.6) is 0 Å². The van der Waals surface area contributed by atoms with Crippen molar-refractivity contribution in [1.82, 2.24) is 0 Å². The molecule has 0 aliphatic heterocycles. The van der Waals surface area contributed by atoms with E-state index in [9.17, 15) is 0 Å². The quantitative estimate of drug-likeness (QED) is 0.463. The Labute approximate surface area is 133 Å². The van der Waals surface area contributed by atoms with Gasteiger partial charge in [-0.2, -0.15) is 0 Å². The average Bonchev–Trinajstić information content (AvgIpc) is 2.52. The van der Waals surface area contributed by atoms with Gasteiger partial charge in [0.1, 0.15) is 0 Å². The smallest absolute Gasteiger partial charge is 0.200 e. The molecule has 2 N–H and O–H groups in total. The molecule has 0 amide bonds. The Hall–Kier alpha value is -2.29. The number of aryl methyl sites for hydroxylation is 2. The Balaban J connectivity index is 2.09. The van der Waals surface area contributed by atoms with Crippen LogP contribution in [0.4, 0.5) is 11.4 Å². The van der Waals surface area contributed by atoms with Crippen molar-refractivity contribution in [2.45, 2.75) is 33.6 Å². The number of anilines is 2. The highest BCUT2D eigenvalue weighted by molar-refractivity contribution is 6.03. The lowest BCUT2D eigenvalue weighted by atomic mass is 10.2. The zero-order chi connectivity index (χ0) is 15.8. The third kappa shape index (κ3) is 5.24. The predicted octanol–water partition coefficient (Wildman–Crippen LogP) is 4.98. The number of aliphatic imine (C=N–C) groups is 1. The summed E-state index contributed by atoms with van der Waals surface area (Å²) in [5.74, 6) is 0.793. The van der Waals surface area contributed by atoms with Gasteiger partial charge < -0.3 is 10.6 Å². The highest BCUT2D eigenvalue weighted by atomic mass is 15.2. The van der Waals surface area contributed by atoms with E-state index >= 15 is 0 Å². The van der Waals surface area contributed by atoms with Crippen LogP contribution >= 0.6 is 0 Å². The van der Waals surface area contributed by atoms with E-state index in [1.54, 1.807) is 0 Å². The fraction of sp³-hybridized carbons (Fsp3) is 0.316. The van der Waals surface area contributed by atoms with Crippen molar-refractivity contribution in [3.63, 3.8) is 0 Å². The number of nitrogens with zero attached hydrogens (tertiary/aromatic N) is 1. The van der Waals surface area contributed by atoms with Gasteiger partial charge in [-0.1, -0.05) is 48.7 Å². The molecular formula is C19H25N3. The summed E-state index contributed by atoms with van der Waals surface area (Å²) in [5, 5.41) is 6.73. The number of nitrogens with one attached hydrogen (secondary N) is 2. The molecule has 0 spiro atoms. The molecular weight excluding hydrogens is 270 g/mol. The maximum Gasteiger partial charge on any atom is 0.200 e. The van der Waals surface area contributed by atoms with E-state index in [-0.39, 0.29) is 0 Å². The molecule has 0 aliphatic carbocycles. The van der Waals surface area contributed by atoms with E-state index in [2.05, 4.69) is 84.9 Å². The third-order valence-corrected chi connectivity index (χ3v) is 3.41. The molecule has 2 aromatic rings. The number of hydrogen-bond acceptors (Lipinski definition) is 1. The van der Waals surface area contributed by atoms with Crippen LogP contribution in [0.2, 0.25) is 0 Å². The molecule has 0 aliphatic rings. The fourth-order valence-electron chi connectivity index (χ4n) is 2.01. The number of hydrogen-bond donors (Lipinski definition) is 2. The van der Waals surface area contributed by atoms with Crippen molar-refractivity contribution in [1.29, 1.82) is 0 Å². The van der Waals surface area contributed by atoms with Gasteiger partial charge in [-0.3, -0.25) is 4.99 Å². The van der Waals surface area contributed by atoms with Crippen LogP contribution in [0.15, 0.2) is 53.5 Å². The van der Waals surface area contributed by atoms with Gasteiger partial charge in [0.15, 0.2) is 5.96 Å². The molecule has 22 heavy (non-hydrogen) atoms. The van der Waals surface area contributed by atoms with Crippen LogP contribution < -0.4 is 10.6 Å². The summed E-state index contributed by atoms with van der Waals surface area (Å²) >= 11 is 0. The average molecular weight is 295 g/mol. The van der Waals surface area contributed by atoms with Gasteiger partial charge in [0.25, 0.3) is 0 Å². The predicted molar refractivity (Wildman–Crippen MR) is 96.8 cm³/mol. The van der Waals surface area contributed by atoms with Crippen LogP contribution in [0.25, 0.3) is 0 Å². The monoisotopic (exact) mass is 295 g/mol. The SMILES string of the molecule is CCCCN=C(Nc1ccc(C)cc1)Nc1ccc(C)cc1. The van der Waals surface area contributed by atoms with Crippen molar-refractivity contribution < 1.29 is 0 Å². The Morgan fingerprint density at radius 3 is 1.68 bits per heavy atom. The second-order valence-corrected chi connectivity index (χ2v) is 5.57.